The van der Waals surface area contributed by atoms with Gasteiger partial charge in [-0.2, -0.15) is 5.10 Å². The summed E-state index contributed by atoms with van der Waals surface area (Å²) in [6, 6.07) is 0. The first-order valence-corrected chi connectivity index (χ1v) is 7.19. The van der Waals surface area contributed by atoms with Crippen LogP contribution in [0.1, 0.15) is 15.5 Å². The monoisotopic (exact) mass is 308 g/mol. The topological polar surface area (TPSA) is 115 Å². The van der Waals surface area contributed by atoms with E-state index in [2.05, 4.69) is 20.7 Å². The summed E-state index contributed by atoms with van der Waals surface area (Å²) < 4.78 is 1.44. The lowest BCUT2D eigenvalue weighted by Crippen LogP contribution is -2.23. The maximum absolute atomic E-state index is 12.0. The summed E-state index contributed by atoms with van der Waals surface area (Å²) in [6.45, 7) is 0.602. The molecule has 2 aromatic heterocycles. The van der Waals surface area contributed by atoms with E-state index in [9.17, 15) is 9.59 Å². The Morgan fingerprint density at radius 3 is 3.00 bits per heavy atom. The number of nitrogens with zero attached hydrogens (tertiary/aromatic N) is 3. The molecule has 0 atom stereocenters. The quantitative estimate of drug-likeness (QED) is 0.686. The van der Waals surface area contributed by atoms with Gasteiger partial charge in [0.25, 0.3) is 5.91 Å². The molecule has 0 aromatic carbocycles. The van der Waals surface area contributed by atoms with E-state index in [0.717, 1.165) is 5.01 Å². The molecule has 2 aromatic rings. The van der Waals surface area contributed by atoms with E-state index in [1.54, 1.807) is 18.6 Å². The van der Waals surface area contributed by atoms with Crippen molar-refractivity contribution in [3.63, 3.8) is 0 Å². The van der Waals surface area contributed by atoms with Gasteiger partial charge in [-0.15, -0.1) is 11.3 Å². The number of hydrogen-bond acceptors (Lipinski definition) is 6. The Labute approximate surface area is 125 Å². The average Bonchev–Trinajstić information content (AvgIpc) is 3.09. The number of carbonyl (C=O) groups is 2. The summed E-state index contributed by atoms with van der Waals surface area (Å²) in [4.78, 5) is 27.4. The van der Waals surface area contributed by atoms with Gasteiger partial charge in [-0.25, -0.2) is 4.98 Å². The van der Waals surface area contributed by atoms with Gasteiger partial charge in [-0.1, -0.05) is 0 Å². The first kappa shape index (κ1) is 15.1. The van der Waals surface area contributed by atoms with Crippen LogP contribution < -0.4 is 16.4 Å². The fourth-order valence-electron chi connectivity index (χ4n) is 1.59. The van der Waals surface area contributed by atoms with Gasteiger partial charge in [-0.05, 0) is 6.54 Å². The Hall–Kier alpha value is -2.26. The third kappa shape index (κ3) is 4.10. The van der Waals surface area contributed by atoms with E-state index in [-0.39, 0.29) is 18.4 Å². The maximum Gasteiger partial charge on any atom is 0.275 e. The third-order valence-electron chi connectivity index (χ3n) is 2.62. The molecule has 0 saturated carbocycles. The van der Waals surface area contributed by atoms with Crippen LogP contribution >= 0.6 is 11.3 Å². The Kier molecular flexibility index (Phi) is 5.01. The molecule has 8 nitrogen and oxygen atoms in total. The highest BCUT2D eigenvalue weighted by Crippen LogP contribution is 2.12. The van der Waals surface area contributed by atoms with Crippen LogP contribution in [0.25, 0.3) is 0 Å². The fraction of sp³-hybridized carbons (Fsp3) is 0.333. The zero-order chi connectivity index (χ0) is 15.2. The molecule has 2 rings (SSSR count). The highest BCUT2D eigenvalue weighted by atomic mass is 32.1. The van der Waals surface area contributed by atoms with Gasteiger partial charge in [0.05, 0.1) is 16.9 Å². The summed E-state index contributed by atoms with van der Waals surface area (Å²) in [5.41, 5.74) is 6.31. The van der Waals surface area contributed by atoms with Crippen molar-refractivity contribution in [1.82, 2.24) is 20.1 Å². The van der Waals surface area contributed by atoms with Gasteiger partial charge in [0.2, 0.25) is 5.91 Å². The van der Waals surface area contributed by atoms with Crippen LogP contribution in [-0.2, 0) is 17.8 Å². The van der Waals surface area contributed by atoms with Gasteiger partial charge in [-0.3, -0.25) is 14.3 Å². The predicted octanol–water partition coefficient (Wildman–Crippen LogP) is -0.161. The number of anilines is 1. The molecule has 0 spiro atoms. The summed E-state index contributed by atoms with van der Waals surface area (Å²) in [5, 5.41) is 11.7. The van der Waals surface area contributed by atoms with Crippen molar-refractivity contribution in [1.29, 1.82) is 0 Å². The van der Waals surface area contributed by atoms with Crippen molar-refractivity contribution in [2.75, 3.05) is 18.9 Å². The van der Waals surface area contributed by atoms with Crippen LogP contribution in [0.2, 0.25) is 0 Å². The second kappa shape index (κ2) is 6.95. The Bertz CT molecular complexity index is 635. The van der Waals surface area contributed by atoms with E-state index < -0.39 is 0 Å². The normalized spacial score (nSPS) is 10.4. The van der Waals surface area contributed by atoms with Crippen molar-refractivity contribution in [3.8, 4) is 0 Å². The van der Waals surface area contributed by atoms with Crippen molar-refractivity contribution >= 4 is 28.8 Å². The number of nitrogens with two attached hydrogens (primary N) is 1. The smallest absolute Gasteiger partial charge is 0.275 e. The molecular formula is C12H16N6O2S. The minimum atomic E-state index is -0.311. The van der Waals surface area contributed by atoms with Crippen molar-refractivity contribution in [3.05, 3.63) is 28.5 Å². The average molecular weight is 308 g/mol. The van der Waals surface area contributed by atoms with Crippen LogP contribution in [0.5, 0.6) is 0 Å². The van der Waals surface area contributed by atoms with Crippen LogP contribution in [0.4, 0.5) is 5.69 Å². The van der Waals surface area contributed by atoms with Gasteiger partial charge in [0, 0.05) is 25.0 Å². The van der Waals surface area contributed by atoms with Crippen LogP contribution in [-0.4, -0.2) is 40.2 Å². The highest BCUT2D eigenvalue weighted by molar-refractivity contribution is 7.09. The number of aromatic nitrogens is 3. The second-order valence-electron chi connectivity index (χ2n) is 4.22. The Morgan fingerprint density at radius 2 is 2.29 bits per heavy atom. The number of hydrogen-bond donors (Lipinski definition) is 3. The first-order valence-electron chi connectivity index (χ1n) is 6.31. The molecule has 0 aliphatic rings. The molecule has 21 heavy (non-hydrogen) atoms. The number of nitrogens with one attached hydrogen (secondary N) is 2. The van der Waals surface area contributed by atoms with E-state index in [1.165, 1.54) is 22.2 Å². The van der Waals surface area contributed by atoms with Gasteiger partial charge in [0.15, 0.2) is 0 Å². The molecule has 0 bridgehead atoms. The highest BCUT2D eigenvalue weighted by Gasteiger charge is 2.12. The van der Waals surface area contributed by atoms with E-state index in [4.69, 9.17) is 5.73 Å². The second-order valence-corrected chi connectivity index (χ2v) is 5.16. The zero-order valence-corrected chi connectivity index (χ0v) is 12.3. The number of thiazole rings is 1. The van der Waals surface area contributed by atoms with Crippen molar-refractivity contribution in [2.45, 2.75) is 13.0 Å². The molecule has 4 N–H and O–H groups in total. The number of carbonyl (C=O) groups excluding carboxylic acids is 2. The van der Waals surface area contributed by atoms with Crippen LogP contribution in [0.3, 0.4) is 0 Å². The van der Waals surface area contributed by atoms with E-state index >= 15 is 0 Å². The minimum absolute atomic E-state index is 0.101. The molecule has 0 radical (unpaired) electrons. The van der Waals surface area contributed by atoms with E-state index in [1.807, 2.05) is 0 Å². The SMILES string of the molecule is CNC(=O)Cn1cc(NC(=O)c2csc(CCN)n2)cn1. The Morgan fingerprint density at radius 1 is 1.48 bits per heavy atom. The molecular weight excluding hydrogens is 292 g/mol. The number of amides is 2. The molecule has 0 unspecified atom stereocenters. The van der Waals surface area contributed by atoms with E-state index in [0.29, 0.717) is 24.3 Å². The van der Waals surface area contributed by atoms with Crippen LogP contribution in [0.15, 0.2) is 17.8 Å². The first-order chi connectivity index (χ1) is 10.1. The minimum Gasteiger partial charge on any atom is -0.358 e. The fourth-order valence-corrected chi connectivity index (χ4v) is 2.38. The summed E-state index contributed by atoms with van der Waals surface area (Å²) >= 11 is 1.40. The lowest BCUT2D eigenvalue weighted by atomic mass is 10.4. The van der Waals surface area contributed by atoms with Crippen LogP contribution in [0, 0.1) is 0 Å². The standard InChI is InChI=1S/C12H16N6O2S/c1-14-10(19)6-18-5-8(4-15-18)16-12(20)9-7-21-11(17-9)2-3-13/h4-5,7H,2-3,6,13H2,1H3,(H,14,19)(H,16,20). The molecule has 0 aliphatic carbocycles. The summed E-state index contributed by atoms with van der Waals surface area (Å²) in [6.07, 6.45) is 3.72. The molecule has 0 fully saturated rings. The number of likely N-dealkylation sites (N-methyl/N-ethyl adjacent to an activating group) is 1. The number of rotatable bonds is 6. The van der Waals surface area contributed by atoms with Crippen molar-refractivity contribution in [2.24, 2.45) is 5.73 Å². The van der Waals surface area contributed by atoms with Gasteiger partial charge >= 0.3 is 0 Å². The summed E-state index contributed by atoms with van der Waals surface area (Å²) in [7, 11) is 1.55. The Balaban J connectivity index is 1.97. The molecule has 0 aliphatic heterocycles. The maximum atomic E-state index is 12.0. The largest absolute Gasteiger partial charge is 0.358 e. The molecule has 9 heteroatoms. The summed E-state index contributed by atoms with van der Waals surface area (Å²) in [5.74, 6) is -0.476. The molecule has 0 saturated heterocycles. The molecule has 2 heterocycles. The molecule has 112 valence electrons. The van der Waals surface area contributed by atoms with Gasteiger partial charge < -0.3 is 16.4 Å². The lowest BCUT2D eigenvalue weighted by Gasteiger charge is -2.00. The lowest BCUT2D eigenvalue weighted by molar-refractivity contribution is -0.121. The van der Waals surface area contributed by atoms with Crippen molar-refractivity contribution < 1.29 is 9.59 Å². The third-order valence-corrected chi connectivity index (χ3v) is 3.53. The predicted molar refractivity (Wildman–Crippen MR) is 79.1 cm³/mol. The molecule has 2 amide bonds. The zero-order valence-electron chi connectivity index (χ0n) is 11.5. The van der Waals surface area contributed by atoms with Gasteiger partial charge in [0.1, 0.15) is 12.2 Å².